The lowest BCUT2D eigenvalue weighted by Gasteiger charge is -2.09. The van der Waals surface area contributed by atoms with Gasteiger partial charge in [-0.1, -0.05) is 34.1 Å². The molecule has 0 bridgehead atoms. The van der Waals surface area contributed by atoms with E-state index < -0.39 is 18.9 Å². The lowest BCUT2D eigenvalue weighted by Crippen LogP contribution is -2.28. The minimum Gasteiger partial charge on any atom is -0.440 e. The zero-order valence-corrected chi connectivity index (χ0v) is 10.1. The van der Waals surface area contributed by atoms with Gasteiger partial charge in [-0.2, -0.15) is 13.2 Å². The molecule has 0 fully saturated rings. The summed E-state index contributed by atoms with van der Waals surface area (Å²) in [7, 11) is 0. The van der Waals surface area contributed by atoms with Crippen LogP contribution in [0.15, 0.2) is 28.7 Å². The number of halogens is 4. The molecule has 1 rings (SSSR count). The lowest BCUT2D eigenvalue weighted by molar-refractivity contribution is -0.160. The monoisotopic (exact) mass is 311 g/mol. The molecule has 0 unspecified atom stereocenters. The first-order valence-electron chi connectivity index (χ1n) is 4.59. The zero-order valence-electron chi connectivity index (χ0n) is 8.55. The standard InChI is InChI=1S/C10H9BrF3NO2/c11-8-4-2-1-3-7(8)5-15-9(16)17-6-10(12,13)14/h1-4H,5-6H2,(H,15,16). The van der Waals surface area contributed by atoms with Crippen LogP contribution in [0.3, 0.4) is 0 Å². The van der Waals surface area contributed by atoms with Crippen molar-refractivity contribution in [3.05, 3.63) is 34.3 Å². The Morgan fingerprint density at radius 2 is 2.00 bits per heavy atom. The number of carbonyl (C=O) groups excluding carboxylic acids is 1. The summed E-state index contributed by atoms with van der Waals surface area (Å²) in [5.41, 5.74) is 0.747. The summed E-state index contributed by atoms with van der Waals surface area (Å²) >= 11 is 3.25. The number of carbonyl (C=O) groups is 1. The molecule has 3 nitrogen and oxygen atoms in total. The van der Waals surface area contributed by atoms with E-state index in [1.807, 2.05) is 0 Å². The van der Waals surface area contributed by atoms with Gasteiger partial charge in [0.1, 0.15) is 0 Å². The van der Waals surface area contributed by atoms with Crippen LogP contribution in [0.25, 0.3) is 0 Å². The summed E-state index contributed by atoms with van der Waals surface area (Å²) in [5.74, 6) is 0. The van der Waals surface area contributed by atoms with Crippen molar-refractivity contribution < 1.29 is 22.7 Å². The van der Waals surface area contributed by atoms with E-state index in [0.29, 0.717) is 0 Å². The van der Waals surface area contributed by atoms with Gasteiger partial charge in [0.15, 0.2) is 6.61 Å². The predicted molar refractivity (Wildman–Crippen MR) is 58.4 cm³/mol. The van der Waals surface area contributed by atoms with Crippen molar-refractivity contribution in [2.75, 3.05) is 6.61 Å². The molecule has 0 heterocycles. The van der Waals surface area contributed by atoms with Crippen molar-refractivity contribution in [2.24, 2.45) is 0 Å². The highest BCUT2D eigenvalue weighted by Gasteiger charge is 2.29. The number of alkyl carbamates (subject to hydrolysis) is 1. The first-order valence-corrected chi connectivity index (χ1v) is 5.38. The third-order valence-corrected chi connectivity index (χ3v) is 2.52. The SMILES string of the molecule is O=C(NCc1ccccc1Br)OCC(F)(F)F. The van der Waals surface area contributed by atoms with Crippen LogP contribution in [0.1, 0.15) is 5.56 Å². The van der Waals surface area contributed by atoms with E-state index in [0.717, 1.165) is 10.0 Å². The Bertz CT molecular complexity index is 395. The number of hydrogen-bond acceptors (Lipinski definition) is 2. The minimum absolute atomic E-state index is 0.0954. The van der Waals surface area contributed by atoms with Crippen LogP contribution >= 0.6 is 15.9 Å². The van der Waals surface area contributed by atoms with Crippen LogP contribution in [0, 0.1) is 0 Å². The first-order chi connectivity index (χ1) is 7.88. The molecule has 17 heavy (non-hydrogen) atoms. The minimum atomic E-state index is -4.51. The second-order valence-electron chi connectivity index (χ2n) is 3.14. The summed E-state index contributed by atoms with van der Waals surface area (Å²) < 4.78 is 39.9. The largest absolute Gasteiger partial charge is 0.440 e. The van der Waals surface area contributed by atoms with E-state index in [1.54, 1.807) is 24.3 Å². The van der Waals surface area contributed by atoms with E-state index in [-0.39, 0.29) is 6.54 Å². The molecule has 0 spiro atoms. The molecular formula is C10H9BrF3NO2. The van der Waals surface area contributed by atoms with Gasteiger partial charge < -0.3 is 10.1 Å². The van der Waals surface area contributed by atoms with Gasteiger partial charge in [-0.3, -0.25) is 0 Å². The summed E-state index contributed by atoms with van der Waals surface area (Å²) in [5, 5.41) is 2.22. The average Bonchev–Trinajstić information content (AvgIpc) is 2.24. The normalized spacial score (nSPS) is 11.1. The van der Waals surface area contributed by atoms with Crippen molar-refractivity contribution in [3.63, 3.8) is 0 Å². The highest BCUT2D eigenvalue weighted by Crippen LogP contribution is 2.16. The van der Waals surface area contributed by atoms with Crippen LogP contribution in [0.4, 0.5) is 18.0 Å². The zero-order chi connectivity index (χ0) is 12.9. The Morgan fingerprint density at radius 3 is 2.59 bits per heavy atom. The van der Waals surface area contributed by atoms with Crippen molar-refractivity contribution in [1.82, 2.24) is 5.32 Å². The highest BCUT2D eigenvalue weighted by molar-refractivity contribution is 9.10. The fourth-order valence-corrected chi connectivity index (χ4v) is 1.43. The van der Waals surface area contributed by atoms with E-state index in [9.17, 15) is 18.0 Å². The molecule has 0 aliphatic heterocycles. The van der Waals surface area contributed by atoms with Gasteiger partial charge >= 0.3 is 12.3 Å². The molecule has 0 aliphatic rings. The molecule has 1 aromatic rings. The smallest absolute Gasteiger partial charge is 0.422 e. The summed E-state index contributed by atoms with van der Waals surface area (Å²) in [6.07, 6.45) is -5.61. The molecule has 1 amide bonds. The number of hydrogen-bond donors (Lipinski definition) is 1. The van der Waals surface area contributed by atoms with Gasteiger partial charge in [0, 0.05) is 11.0 Å². The van der Waals surface area contributed by atoms with Crippen LogP contribution in [-0.2, 0) is 11.3 Å². The maximum atomic E-state index is 11.7. The van der Waals surface area contributed by atoms with Crippen molar-refractivity contribution >= 4 is 22.0 Å². The summed E-state index contributed by atoms with van der Waals surface area (Å²) in [6, 6.07) is 7.03. The van der Waals surface area contributed by atoms with Crippen LogP contribution in [0.2, 0.25) is 0 Å². The molecule has 0 aliphatic carbocycles. The molecule has 0 saturated heterocycles. The molecule has 1 N–H and O–H groups in total. The second-order valence-corrected chi connectivity index (χ2v) is 3.99. The highest BCUT2D eigenvalue weighted by atomic mass is 79.9. The molecule has 1 aromatic carbocycles. The van der Waals surface area contributed by atoms with Gasteiger partial charge in [-0.05, 0) is 11.6 Å². The van der Waals surface area contributed by atoms with E-state index in [2.05, 4.69) is 26.0 Å². The van der Waals surface area contributed by atoms with E-state index in [1.165, 1.54) is 0 Å². The second kappa shape index (κ2) is 5.90. The fraction of sp³-hybridized carbons (Fsp3) is 0.300. The number of alkyl halides is 3. The molecule has 0 aromatic heterocycles. The topological polar surface area (TPSA) is 38.3 Å². The third-order valence-electron chi connectivity index (χ3n) is 1.75. The van der Waals surface area contributed by atoms with Crippen molar-refractivity contribution in [2.45, 2.75) is 12.7 Å². The summed E-state index contributed by atoms with van der Waals surface area (Å²) in [4.78, 5) is 10.9. The molecular weight excluding hydrogens is 303 g/mol. The molecule has 0 radical (unpaired) electrons. The Balaban J connectivity index is 2.36. The predicted octanol–water partition coefficient (Wildman–Crippen LogP) is 3.24. The Morgan fingerprint density at radius 1 is 1.35 bits per heavy atom. The molecule has 0 saturated carbocycles. The van der Waals surface area contributed by atoms with Crippen LogP contribution in [0.5, 0.6) is 0 Å². The Labute approximate surface area is 104 Å². The van der Waals surface area contributed by atoms with Crippen LogP contribution < -0.4 is 5.32 Å². The number of amides is 1. The maximum absolute atomic E-state index is 11.7. The third kappa shape index (κ3) is 5.58. The Kier molecular flexibility index (Phi) is 4.80. The fourth-order valence-electron chi connectivity index (χ4n) is 1.01. The number of rotatable bonds is 3. The van der Waals surface area contributed by atoms with Gasteiger partial charge in [0.05, 0.1) is 0 Å². The Hall–Kier alpha value is -1.24. The molecule has 94 valence electrons. The van der Waals surface area contributed by atoms with Crippen molar-refractivity contribution in [1.29, 1.82) is 0 Å². The van der Waals surface area contributed by atoms with E-state index >= 15 is 0 Å². The number of benzene rings is 1. The quantitative estimate of drug-likeness (QED) is 0.930. The first kappa shape index (κ1) is 13.8. The van der Waals surface area contributed by atoms with Gasteiger partial charge in [-0.15, -0.1) is 0 Å². The molecule has 7 heteroatoms. The average molecular weight is 312 g/mol. The number of nitrogens with one attached hydrogen (secondary N) is 1. The van der Waals surface area contributed by atoms with Crippen molar-refractivity contribution in [3.8, 4) is 0 Å². The number of ether oxygens (including phenoxy) is 1. The van der Waals surface area contributed by atoms with Crippen LogP contribution in [-0.4, -0.2) is 18.9 Å². The van der Waals surface area contributed by atoms with E-state index in [4.69, 9.17) is 0 Å². The van der Waals surface area contributed by atoms with Gasteiger partial charge in [-0.25, -0.2) is 4.79 Å². The lowest BCUT2D eigenvalue weighted by atomic mass is 10.2. The van der Waals surface area contributed by atoms with Gasteiger partial charge in [0.2, 0.25) is 0 Å². The van der Waals surface area contributed by atoms with Gasteiger partial charge in [0.25, 0.3) is 0 Å². The maximum Gasteiger partial charge on any atom is 0.422 e. The molecule has 0 atom stereocenters. The summed E-state index contributed by atoms with van der Waals surface area (Å²) in [6.45, 7) is -1.49.